The molecule has 0 aromatic carbocycles. The van der Waals surface area contributed by atoms with Crippen molar-refractivity contribution in [3.05, 3.63) is 20.9 Å². The van der Waals surface area contributed by atoms with Crippen LogP contribution in [0.4, 0.5) is 0 Å². The number of aliphatic hydroxyl groups excluding tert-OH is 4. The van der Waals surface area contributed by atoms with E-state index < -0.39 is 36.9 Å². The van der Waals surface area contributed by atoms with Crippen molar-refractivity contribution in [1.82, 2.24) is 0 Å². The second-order valence-corrected chi connectivity index (χ2v) is 3.30. The van der Waals surface area contributed by atoms with Gasteiger partial charge in [-0.15, -0.1) is 0 Å². The Morgan fingerprint density at radius 3 is 2.06 bits per heavy atom. The van der Waals surface area contributed by atoms with Gasteiger partial charge in [0.15, 0.2) is 0 Å². The van der Waals surface area contributed by atoms with E-state index in [1.54, 1.807) is 0 Å². The Kier molecular flexibility index (Phi) is 4.10. The van der Waals surface area contributed by atoms with Crippen LogP contribution in [-0.2, 0) is 4.74 Å². The fraction of sp³-hybridized carbons (Fsp3) is 1.00. The Labute approximate surface area is 94.1 Å². The van der Waals surface area contributed by atoms with Gasteiger partial charge in [-0.1, -0.05) is 0 Å². The first kappa shape index (κ1) is 13.5. The molecule has 0 aromatic heterocycles. The van der Waals surface area contributed by atoms with Crippen molar-refractivity contribution in [2.24, 2.45) is 10.2 Å². The van der Waals surface area contributed by atoms with E-state index in [4.69, 9.17) is 20.9 Å². The molecule has 17 heavy (non-hydrogen) atoms. The molecule has 1 aliphatic rings. The van der Waals surface area contributed by atoms with Crippen molar-refractivity contribution < 1.29 is 25.2 Å². The Balaban J connectivity index is 3.20. The molecule has 11 heteroatoms. The average Bonchev–Trinajstić information content (AvgIpc) is 2.32. The van der Waals surface area contributed by atoms with Crippen LogP contribution in [0.2, 0.25) is 0 Å². The third-order valence-corrected chi connectivity index (χ3v) is 2.32. The minimum absolute atomic E-state index is 0.728. The van der Waals surface area contributed by atoms with Gasteiger partial charge in [0.2, 0.25) is 0 Å². The zero-order chi connectivity index (χ0) is 13.1. The van der Waals surface area contributed by atoms with E-state index in [9.17, 15) is 15.3 Å². The van der Waals surface area contributed by atoms with Crippen LogP contribution in [0.5, 0.6) is 0 Å². The number of aliphatic hydroxyl groups is 4. The van der Waals surface area contributed by atoms with Crippen molar-refractivity contribution in [3.8, 4) is 0 Å². The SMILES string of the molecule is [N-]=[N+]=NC1(N=[N+]=[N-])O[C@H](CO)[C@@H](O)[C@H](O)[C@H]1O. The monoisotopic (exact) mass is 246 g/mol. The summed E-state index contributed by atoms with van der Waals surface area (Å²) in [5.41, 5.74) is 16.6. The molecule has 0 saturated carbocycles. The number of hydrogen-bond acceptors (Lipinski definition) is 7. The highest BCUT2D eigenvalue weighted by molar-refractivity contribution is 4.99. The van der Waals surface area contributed by atoms with E-state index in [-0.39, 0.29) is 0 Å². The van der Waals surface area contributed by atoms with Crippen LogP contribution in [0.1, 0.15) is 0 Å². The molecule has 1 rings (SSSR count). The molecule has 11 nitrogen and oxygen atoms in total. The molecule has 0 aliphatic carbocycles. The summed E-state index contributed by atoms with van der Waals surface area (Å²) in [6.45, 7) is -0.728. The van der Waals surface area contributed by atoms with Gasteiger partial charge in [-0.3, -0.25) is 0 Å². The van der Waals surface area contributed by atoms with Crippen LogP contribution < -0.4 is 0 Å². The third-order valence-electron chi connectivity index (χ3n) is 2.32. The molecular formula is C6H10N6O5. The Bertz CT molecular complexity index is 357. The molecule has 1 heterocycles. The van der Waals surface area contributed by atoms with Crippen molar-refractivity contribution in [3.63, 3.8) is 0 Å². The lowest BCUT2D eigenvalue weighted by Gasteiger charge is -2.43. The van der Waals surface area contributed by atoms with Crippen LogP contribution in [0, 0.1) is 0 Å². The van der Waals surface area contributed by atoms with Gasteiger partial charge in [-0.25, -0.2) is 0 Å². The predicted octanol–water partition coefficient (Wildman–Crippen LogP) is -1.27. The normalized spacial score (nSPS) is 41.2. The van der Waals surface area contributed by atoms with Gasteiger partial charge >= 0.3 is 0 Å². The lowest BCUT2D eigenvalue weighted by molar-refractivity contribution is -0.269. The lowest BCUT2D eigenvalue weighted by atomic mass is 9.96. The summed E-state index contributed by atoms with van der Waals surface area (Å²) >= 11 is 0. The highest BCUT2D eigenvalue weighted by Gasteiger charge is 2.53. The second-order valence-electron chi connectivity index (χ2n) is 3.30. The maximum atomic E-state index is 9.59. The van der Waals surface area contributed by atoms with Crippen LogP contribution in [0.3, 0.4) is 0 Å². The van der Waals surface area contributed by atoms with Gasteiger partial charge in [0, 0.05) is 9.82 Å². The molecule has 4 N–H and O–H groups in total. The largest absolute Gasteiger partial charge is 0.394 e. The zero-order valence-corrected chi connectivity index (χ0v) is 8.40. The van der Waals surface area contributed by atoms with Crippen molar-refractivity contribution in [2.45, 2.75) is 30.3 Å². The fourth-order valence-electron chi connectivity index (χ4n) is 1.45. The van der Waals surface area contributed by atoms with Gasteiger partial charge in [0.05, 0.1) is 6.61 Å². The topological polar surface area (TPSA) is 188 Å². The Hall–Kier alpha value is -1.58. The third kappa shape index (κ3) is 2.25. The number of ether oxygens (including phenoxy) is 1. The molecule has 1 aliphatic heterocycles. The summed E-state index contributed by atoms with van der Waals surface area (Å²) in [4.78, 5) is 4.66. The molecule has 0 radical (unpaired) electrons. The summed E-state index contributed by atoms with van der Waals surface area (Å²) in [5.74, 6) is -2.43. The van der Waals surface area contributed by atoms with E-state index >= 15 is 0 Å². The Morgan fingerprint density at radius 2 is 1.65 bits per heavy atom. The predicted molar refractivity (Wildman–Crippen MR) is 51.0 cm³/mol. The molecule has 1 saturated heterocycles. The fourth-order valence-corrected chi connectivity index (χ4v) is 1.45. The van der Waals surface area contributed by atoms with Crippen LogP contribution in [-0.4, -0.2) is 57.3 Å². The Morgan fingerprint density at radius 1 is 1.12 bits per heavy atom. The highest BCUT2D eigenvalue weighted by atomic mass is 16.6. The van der Waals surface area contributed by atoms with Gasteiger partial charge < -0.3 is 25.2 Å². The van der Waals surface area contributed by atoms with Crippen molar-refractivity contribution in [2.75, 3.05) is 6.61 Å². The molecule has 0 bridgehead atoms. The standard InChI is InChI=1S/C6H10N6O5/c7-11-9-6(10-12-8)5(16)4(15)3(14)2(1-13)17-6/h2-5,13-16H,1H2/t2-,3-,4+,5-/m1/s1. The maximum Gasteiger partial charge on any atom is 0.254 e. The van der Waals surface area contributed by atoms with Gasteiger partial charge in [-0.05, 0) is 21.3 Å². The van der Waals surface area contributed by atoms with Crippen LogP contribution >= 0.6 is 0 Å². The average molecular weight is 246 g/mol. The molecule has 1 fully saturated rings. The summed E-state index contributed by atoms with van der Waals surface area (Å²) < 4.78 is 4.85. The quantitative estimate of drug-likeness (QED) is 0.274. The first-order valence-electron chi connectivity index (χ1n) is 4.47. The van der Waals surface area contributed by atoms with Gasteiger partial charge in [0.1, 0.15) is 24.4 Å². The molecule has 0 spiro atoms. The minimum Gasteiger partial charge on any atom is -0.394 e. The summed E-state index contributed by atoms with van der Waals surface area (Å²) in [6.07, 6.45) is -6.71. The molecule has 4 atom stereocenters. The molecule has 0 unspecified atom stereocenters. The van der Waals surface area contributed by atoms with E-state index in [2.05, 4.69) is 20.1 Å². The number of hydrogen-bond donors (Lipinski definition) is 4. The smallest absolute Gasteiger partial charge is 0.254 e. The van der Waals surface area contributed by atoms with Crippen LogP contribution in [0.15, 0.2) is 10.2 Å². The molecule has 94 valence electrons. The first-order valence-corrected chi connectivity index (χ1v) is 4.47. The zero-order valence-electron chi connectivity index (χ0n) is 8.40. The lowest BCUT2D eigenvalue weighted by Crippen LogP contribution is -2.63. The van der Waals surface area contributed by atoms with Crippen molar-refractivity contribution in [1.29, 1.82) is 0 Å². The molecule has 0 amide bonds. The van der Waals surface area contributed by atoms with E-state index in [0.717, 1.165) is 0 Å². The number of rotatable bonds is 3. The second kappa shape index (κ2) is 5.17. The number of nitrogens with zero attached hydrogens (tertiary/aromatic N) is 6. The van der Waals surface area contributed by atoms with E-state index in [0.29, 0.717) is 0 Å². The van der Waals surface area contributed by atoms with Crippen LogP contribution in [0.25, 0.3) is 20.9 Å². The summed E-state index contributed by atoms with van der Waals surface area (Å²) in [6, 6.07) is 0. The minimum atomic E-state index is -2.43. The first-order chi connectivity index (χ1) is 8.02. The molecule has 0 aromatic rings. The molecular weight excluding hydrogens is 236 g/mol. The maximum absolute atomic E-state index is 9.59. The van der Waals surface area contributed by atoms with E-state index in [1.165, 1.54) is 0 Å². The summed E-state index contributed by atoms with van der Waals surface area (Å²) in [5, 5.41) is 43.3. The van der Waals surface area contributed by atoms with Crippen molar-refractivity contribution >= 4 is 0 Å². The summed E-state index contributed by atoms with van der Waals surface area (Å²) in [7, 11) is 0. The van der Waals surface area contributed by atoms with Gasteiger partial charge in [-0.2, -0.15) is 0 Å². The highest BCUT2D eigenvalue weighted by Crippen LogP contribution is 2.32. The van der Waals surface area contributed by atoms with Gasteiger partial charge in [0.25, 0.3) is 5.85 Å². The van der Waals surface area contributed by atoms with E-state index in [1.807, 2.05) is 0 Å². The number of azide groups is 1.